The number of carbonyl (C=O) groups excluding carboxylic acids is 1. The van der Waals surface area contributed by atoms with Gasteiger partial charge in [0.2, 0.25) is 0 Å². The molecular weight excluding hydrogens is 292 g/mol. The lowest BCUT2D eigenvalue weighted by molar-refractivity contribution is -0.139. The summed E-state index contributed by atoms with van der Waals surface area (Å²) in [5, 5.41) is 20.1. The Kier molecular flexibility index (Phi) is 5.33. The van der Waals surface area contributed by atoms with Crippen LogP contribution in [-0.4, -0.2) is 33.4 Å². The number of urea groups is 1. The fourth-order valence-corrected chi connectivity index (χ4v) is 2.54. The van der Waals surface area contributed by atoms with Crippen LogP contribution in [0.4, 0.5) is 4.79 Å². The van der Waals surface area contributed by atoms with E-state index < -0.39 is 18.0 Å². The lowest BCUT2D eigenvalue weighted by Crippen LogP contribution is -2.41. The molecule has 2 aromatic heterocycles. The number of thiophene rings is 1. The van der Waals surface area contributed by atoms with E-state index in [1.807, 2.05) is 12.3 Å². The Morgan fingerprint density at radius 2 is 2.29 bits per heavy atom. The van der Waals surface area contributed by atoms with Gasteiger partial charge in [0, 0.05) is 30.4 Å². The molecule has 2 heterocycles. The van der Waals surface area contributed by atoms with Gasteiger partial charge >= 0.3 is 12.0 Å². The van der Waals surface area contributed by atoms with Crippen molar-refractivity contribution in [1.82, 2.24) is 20.4 Å². The molecule has 0 aliphatic carbocycles. The topological polar surface area (TPSA) is 96.3 Å². The maximum Gasteiger partial charge on any atom is 0.331 e. The highest BCUT2D eigenvalue weighted by atomic mass is 32.1. The summed E-state index contributed by atoms with van der Waals surface area (Å²) < 4.78 is 1.77. The lowest BCUT2D eigenvalue weighted by Gasteiger charge is -2.13. The highest BCUT2D eigenvalue weighted by Crippen LogP contribution is 2.18. The molecule has 0 aromatic carbocycles. The summed E-state index contributed by atoms with van der Waals surface area (Å²) in [4.78, 5) is 23.5. The van der Waals surface area contributed by atoms with Crippen molar-refractivity contribution in [3.63, 3.8) is 0 Å². The quantitative estimate of drug-likeness (QED) is 0.675. The number of rotatable bonds is 7. The molecule has 2 aromatic rings. The summed E-state index contributed by atoms with van der Waals surface area (Å²) in [6.07, 6.45) is 4.25. The highest BCUT2D eigenvalue weighted by molar-refractivity contribution is 7.10. The number of carboxylic acid groups (broad SMARTS) is 1. The molecule has 0 bridgehead atoms. The summed E-state index contributed by atoms with van der Waals surface area (Å²) in [5.74, 6) is -1.08. The molecule has 0 aliphatic heterocycles. The van der Waals surface area contributed by atoms with Crippen LogP contribution in [0.15, 0.2) is 36.0 Å². The second kappa shape index (κ2) is 7.44. The zero-order valence-electron chi connectivity index (χ0n) is 11.2. The van der Waals surface area contributed by atoms with Crippen molar-refractivity contribution in [2.75, 3.05) is 6.54 Å². The maximum atomic E-state index is 11.7. The van der Waals surface area contributed by atoms with Crippen molar-refractivity contribution in [2.24, 2.45) is 0 Å². The molecule has 0 spiro atoms. The SMILES string of the molecule is O=C(NCCCn1cccn1)NC(C(=O)O)c1cccs1. The number of carbonyl (C=O) groups is 2. The summed E-state index contributed by atoms with van der Waals surface area (Å²) in [6.45, 7) is 1.14. The molecule has 2 amide bonds. The molecule has 0 saturated heterocycles. The van der Waals surface area contributed by atoms with Crippen LogP contribution in [-0.2, 0) is 11.3 Å². The van der Waals surface area contributed by atoms with Crippen molar-refractivity contribution >= 4 is 23.3 Å². The zero-order chi connectivity index (χ0) is 15.1. The number of amides is 2. The molecule has 0 fully saturated rings. The Labute approximate surface area is 125 Å². The van der Waals surface area contributed by atoms with E-state index in [1.165, 1.54) is 11.3 Å². The van der Waals surface area contributed by atoms with E-state index in [9.17, 15) is 9.59 Å². The average molecular weight is 308 g/mol. The molecule has 1 atom stereocenters. The van der Waals surface area contributed by atoms with Crippen LogP contribution in [0.3, 0.4) is 0 Å². The second-order valence-corrected chi connectivity index (χ2v) is 5.29. The number of hydrogen-bond donors (Lipinski definition) is 3. The van der Waals surface area contributed by atoms with Crippen LogP contribution in [0, 0.1) is 0 Å². The van der Waals surface area contributed by atoms with Crippen molar-refractivity contribution < 1.29 is 14.7 Å². The molecule has 2 rings (SSSR count). The van der Waals surface area contributed by atoms with E-state index in [1.54, 1.807) is 28.4 Å². The van der Waals surface area contributed by atoms with E-state index >= 15 is 0 Å². The fourth-order valence-electron chi connectivity index (χ4n) is 1.77. The molecule has 8 heteroatoms. The first-order chi connectivity index (χ1) is 10.2. The monoisotopic (exact) mass is 308 g/mol. The van der Waals surface area contributed by atoms with Crippen LogP contribution in [0.25, 0.3) is 0 Å². The lowest BCUT2D eigenvalue weighted by atomic mass is 10.2. The number of aryl methyl sites for hydroxylation is 1. The predicted octanol–water partition coefficient (Wildman–Crippen LogP) is 1.46. The summed E-state index contributed by atoms with van der Waals surface area (Å²) >= 11 is 1.29. The van der Waals surface area contributed by atoms with Crippen LogP contribution in [0.2, 0.25) is 0 Å². The van der Waals surface area contributed by atoms with E-state index in [2.05, 4.69) is 15.7 Å². The Morgan fingerprint density at radius 3 is 2.90 bits per heavy atom. The summed E-state index contributed by atoms with van der Waals surface area (Å²) in [7, 11) is 0. The molecule has 3 N–H and O–H groups in total. The van der Waals surface area contributed by atoms with Crippen LogP contribution >= 0.6 is 11.3 Å². The molecule has 21 heavy (non-hydrogen) atoms. The minimum Gasteiger partial charge on any atom is -0.479 e. The summed E-state index contributed by atoms with van der Waals surface area (Å²) in [5.41, 5.74) is 0. The first kappa shape index (κ1) is 15.0. The molecule has 1 unspecified atom stereocenters. The van der Waals surface area contributed by atoms with Crippen molar-refractivity contribution in [1.29, 1.82) is 0 Å². The van der Waals surface area contributed by atoms with Gasteiger partial charge in [-0.05, 0) is 23.9 Å². The molecule has 7 nitrogen and oxygen atoms in total. The van der Waals surface area contributed by atoms with Gasteiger partial charge in [-0.1, -0.05) is 6.07 Å². The van der Waals surface area contributed by atoms with Gasteiger partial charge in [0.15, 0.2) is 6.04 Å². The maximum absolute atomic E-state index is 11.7. The minimum atomic E-state index is -1.08. The average Bonchev–Trinajstić information content (AvgIpc) is 3.13. The smallest absolute Gasteiger partial charge is 0.331 e. The van der Waals surface area contributed by atoms with E-state index in [-0.39, 0.29) is 0 Å². The number of nitrogens with zero attached hydrogens (tertiary/aromatic N) is 2. The van der Waals surface area contributed by atoms with Gasteiger partial charge in [0.25, 0.3) is 0 Å². The Bertz CT molecular complexity index is 568. The molecule has 0 aliphatic rings. The van der Waals surface area contributed by atoms with E-state index in [4.69, 9.17) is 5.11 Å². The third-order valence-corrected chi connectivity index (χ3v) is 3.70. The Balaban J connectivity index is 1.74. The minimum absolute atomic E-state index is 0.447. The molecule has 112 valence electrons. The Hall–Kier alpha value is -2.35. The molecule has 0 saturated carbocycles. The summed E-state index contributed by atoms with van der Waals surface area (Å²) in [6, 6.07) is 3.76. The first-order valence-electron chi connectivity index (χ1n) is 6.45. The fraction of sp³-hybridized carbons (Fsp3) is 0.308. The van der Waals surface area contributed by atoms with Gasteiger partial charge in [-0.2, -0.15) is 5.10 Å². The van der Waals surface area contributed by atoms with Crippen LogP contribution in [0.5, 0.6) is 0 Å². The highest BCUT2D eigenvalue weighted by Gasteiger charge is 2.22. The molecular formula is C13H16N4O3S. The van der Waals surface area contributed by atoms with Gasteiger partial charge in [0.1, 0.15) is 0 Å². The number of hydrogen-bond acceptors (Lipinski definition) is 4. The van der Waals surface area contributed by atoms with Gasteiger partial charge in [-0.3, -0.25) is 4.68 Å². The number of aromatic nitrogens is 2. The van der Waals surface area contributed by atoms with Crippen LogP contribution < -0.4 is 10.6 Å². The predicted molar refractivity (Wildman–Crippen MR) is 78.1 cm³/mol. The van der Waals surface area contributed by atoms with Crippen LogP contribution in [0.1, 0.15) is 17.3 Å². The van der Waals surface area contributed by atoms with Crippen molar-refractivity contribution in [2.45, 2.75) is 19.0 Å². The van der Waals surface area contributed by atoms with Crippen molar-refractivity contribution in [3.05, 3.63) is 40.8 Å². The Morgan fingerprint density at radius 1 is 1.43 bits per heavy atom. The van der Waals surface area contributed by atoms with Gasteiger partial charge in [-0.25, -0.2) is 9.59 Å². The van der Waals surface area contributed by atoms with Gasteiger partial charge < -0.3 is 15.7 Å². The third kappa shape index (κ3) is 4.60. The molecule has 0 radical (unpaired) electrons. The number of carboxylic acids is 1. The second-order valence-electron chi connectivity index (χ2n) is 4.31. The van der Waals surface area contributed by atoms with E-state index in [0.717, 1.165) is 0 Å². The van der Waals surface area contributed by atoms with Gasteiger partial charge in [0.05, 0.1) is 0 Å². The largest absolute Gasteiger partial charge is 0.479 e. The number of aliphatic carboxylic acids is 1. The van der Waals surface area contributed by atoms with Crippen molar-refractivity contribution in [3.8, 4) is 0 Å². The normalized spacial score (nSPS) is 11.8. The standard InChI is InChI=1S/C13H16N4O3S/c18-12(19)11(10-4-1-9-21-10)16-13(20)14-5-2-7-17-8-3-6-15-17/h1,3-4,6,8-9,11H,2,5,7H2,(H,18,19)(H2,14,16,20). The van der Waals surface area contributed by atoms with Gasteiger partial charge in [-0.15, -0.1) is 11.3 Å². The zero-order valence-corrected chi connectivity index (χ0v) is 12.0. The first-order valence-corrected chi connectivity index (χ1v) is 7.33. The number of nitrogens with one attached hydrogen (secondary N) is 2. The van der Waals surface area contributed by atoms with E-state index in [0.29, 0.717) is 24.4 Å². The third-order valence-electron chi connectivity index (χ3n) is 2.76.